The molecule has 0 aliphatic carbocycles. The molecule has 0 atom stereocenters. The number of H-pyrrole nitrogens is 1. The predicted octanol–water partition coefficient (Wildman–Crippen LogP) is 3.03. The number of rotatable bonds is 5. The van der Waals surface area contributed by atoms with Gasteiger partial charge in [0.1, 0.15) is 5.82 Å². The number of benzene rings is 2. The molecular weight excluding hydrogens is 423 g/mol. The van der Waals surface area contributed by atoms with Crippen LogP contribution < -0.4 is 10.9 Å². The lowest BCUT2D eigenvalue weighted by Crippen LogP contribution is -2.26. The van der Waals surface area contributed by atoms with Crippen LogP contribution >= 0.6 is 0 Å². The normalized spacial score (nSPS) is 12.7. The third kappa shape index (κ3) is 3.93. The maximum Gasteiger partial charge on any atom is 0.272 e. The zero-order valence-corrected chi connectivity index (χ0v) is 17.9. The summed E-state index contributed by atoms with van der Waals surface area (Å²) in [5.74, 6) is -0.477. The Bertz CT molecular complexity index is 1430. The minimum atomic E-state index is -0.585. The van der Waals surface area contributed by atoms with Crippen molar-refractivity contribution in [2.45, 2.75) is 26.4 Å². The van der Waals surface area contributed by atoms with Crippen molar-refractivity contribution in [2.75, 3.05) is 11.9 Å². The summed E-state index contributed by atoms with van der Waals surface area (Å²) in [5, 5.41) is 11.0. The standard InChI is InChI=1S/C24H21FN6O2/c1-2-26-24-27-11-15-12-31(13-21(15)28-24)23(33)18-9-14(7-8-19(18)25)10-20-16-5-3-4-6-17(16)22(32)30-29-20/h3-9,11H,2,10,12-13H2,1H3,(H,30,32)(H,26,27,28). The van der Waals surface area contributed by atoms with Crippen molar-refractivity contribution in [1.82, 2.24) is 25.1 Å². The molecule has 0 bridgehead atoms. The molecule has 4 aromatic rings. The van der Waals surface area contributed by atoms with Crippen LogP contribution in [-0.2, 0) is 19.5 Å². The van der Waals surface area contributed by atoms with E-state index in [0.29, 0.717) is 43.1 Å². The van der Waals surface area contributed by atoms with Gasteiger partial charge in [-0.2, -0.15) is 5.10 Å². The third-order valence-electron chi connectivity index (χ3n) is 5.69. The van der Waals surface area contributed by atoms with Gasteiger partial charge in [0.05, 0.1) is 28.9 Å². The number of carbonyl (C=O) groups is 1. The fraction of sp³-hybridized carbons (Fsp3) is 0.208. The molecule has 0 spiro atoms. The number of nitrogens with one attached hydrogen (secondary N) is 2. The van der Waals surface area contributed by atoms with Gasteiger partial charge in [-0.15, -0.1) is 0 Å². The van der Waals surface area contributed by atoms with Crippen LogP contribution in [0.15, 0.2) is 53.5 Å². The summed E-state index contributed by atoms with van der Waals surface area (Å²) in [6.07, 6.45) is 2.04. The average molecular weight is 444 g/mol. The Morgan fingerprint density at radius 2 is 2.00 bits per heavy atom. The number of anilines is 1. The monoisotopic (exact) mass is 444 g/mol. The molecule has 3 heterocycles. The first-order chi connectivity index (χ1) is 16.0. The Morgan fingerprint density at radius 1 is 1.18 bits per heavy atom. The van der Waals surface area contributed by atoms with Crippen molar-refractivity contribution in [3.8, 4) is 0 Å². The number of aromatic amines is 1. The summed E-state index contributed by atoms with van der Waals surface area (Å²) < 4.78 is 14.7. The van der Waals surface area contributed by atoms with Crippen molar-refractivity contribution in [1.29, 1.82) is 0 Å². The zero-order chi connectivity index (χ0) is 22.9. The van der Waals surface area contributed by atoms with Gasteiger partial charge in [0.25, 0.3) is 11.5 Å². The Labute approximate surface area is 188 Å². The molecule has 2 aromatic carbocycles. The molecule has 9 heteroatoms. The van der Waals surface area contributed by atoms with Gasteiger partial charge in [0.15, 0.2) is 0 Å². The van der Waals surface area contributed by atoms with E-state index in [1.165, 1.54) is 6.07 Å². The summed E-state index contributed by atoms with van der Waals surface area (Å²) in [5.41, 5.74) is 2.71. The van der Waals surface area contributed by atoms with Crippen LogP contribution in [0.3, 0.4) is 0 Å². The van der Waals surface area contributed by atoms with Gasteiger partial charge in [-0.3, -0.25) is 9.59 Å². The molecule has 0 unspecified atom stereocenters. The lowest BCUT2D eigenvalue weighted by atomic mass is 10.0. The van der Waals surface area contributed by atoms with Gasteiger partial charge in [-0.1, -0.05) is 24.3 Å². The second-order valence-electron chi connectivity index (χ2n) is 7.89. The van der Waals surface area contributed by atoms with E-state index >= 15 is 0 Å². The summed E-state index contributed by atoms with van der Waals surface area (Å²) in [4.78, 5) is 35.5. The molecule has 0 saturated carbocycles. The summed E-state index contributed by atoms with van der Waals surface area (Å²) in [6.45, 7) is 3.27. The van der Waals surface area contributed by atoms with Crippen molar-refractivity contribution >= 4 is 22.6 Å². The van der Waals surface area contributed by atoms with Crippen molar-refractivity contribution in [3.63, 3.8) is 0 Å². The molecular formula is C24H21FN6O2. The van der Waals surface area contributed by atoms with E-state index in [1.807, 2.05) is 19.1 Å². The number of carbonyl (C=O) groups excluding carboxylic acids is 1. The van der Waals surface area contributed by atoms with Crippen LogP contribution in [0.2, 0.25) is 0 Å². The van der Waals surface area contributed by atoms with Gasteiger partial charge in [0, 0.05) is 36.7 Å². The summed E-state index contributed by atoms with van der Waals surface area (Å²) in [6, 6.07) is 11.7. The SMILES string of the molecule is CCNc1ncc2c(n1)CN(C(=O)c1cc(Cc3n[nH]c(=O)c4ccccc34)ccc1F)C2. The van der Waals surface area contributed by atoms with Crippen LogP contribution in [0.25, 0.3) is 10.8 Å². The van der Waals surface area contributed by atoms with E-state index in [1.54, 1.807) is 35.4 Å². The minimum absolute atomic E-state index is 0.00565. The van der Waals surface area contributed by atoms with E-state index in [2.05, 4.69) is 25.5 Å². The molecule has 0 saturated heterocycles. The smallest absolute Gasteiger partial charge is 0.272 e. The average Bonchev–Trinajstić information content (AvgIpc) is 3.25. The Hall–Kier alpha value is -4.14. The summed E-state index contributed by atoms with van der Waals surface area (Å²) >= 11 is 0. The lowest BCUT2D eigenvalue weighted by molar-refractivity contribution is 0.0745. The Kier molecular flexibility index (Phi) is 5.29. The maximum absolute atomic E-state index is 14.7. The summed E-state index contributed by atoms with van der Waals surface area (Å²) in [7, 11) is 0. The molecule has 8 nitrogen and oxygen atoms in total. The quantitative estimate of drug-likeness (QED) is 0.490. The van der Waals surface area contributed by atoms with Crippen molar-refractivity contribution in [2.24, 2.45) is 0 Å². The molecule has 1 amide bonds. The first-order valence-electron chi connectivity index (χ1n) is 10.7. The van der Waals surface area contributed by atoms with Gasteiger partial charge < -0.3 is 10.2 Å². The number of halogens is 1. The number of hydrogen-bond acceptors (Lipinski definition) is 6. The highest BCUT2D eigenvalue weighted by Crippen LogP contribution is 2.25. The molecule has 166 valence electrons. The second kappa shape index (κ2) is 8.42. The molecule has 0 radical (unpaired) electrons. The topological polar surface area (TPSA) is 104 Å². The van der Waals surface area contributed by atoms with Crippen LogP contribution in [0.1, 0.15) is 39.8 Å². The van der Waals surface area contributed by atoms with Gasteiger partial charge >= 0.3 is 0 Å². The van der Waals surface area contributed by atoms with Gasteiger partial charge in [-0.05, 0) is 30.7 Å². The van der Waals surface area contributed by atoms with E-state index in [0.717, 1.165) is 22.2 Å². The molecule has 33 heavy (non-hydrogen) atoms. The van der Waals surface area contributed by atoms with Crippen LogP contribution in [-0.4, -0.2) is 37.5 Å². The van der Waals surface area contributed by atoms with Gasteiger partial charge in [0.2, 0.25) is 5.95 Å². The highest BCUT2D eigenvalue weighted by atomic mass is 19.1. The van der Waals surface area contributed by atoms with Crippen molar-refractivity contribution in [3.05, 3.63) is 92.9 Å². The molecule has 1 aliphatic rings. The minimum Gasteiger partial charge on any atom is -0.354 e. The predicted molar refractivity (Wildman–Crippen MR) is 121 cm³/mol. The number of hydrogen-bond donors (Lipinski definition) is 2. The largest absolute Gasteiger partial charge is 0.354 e. The molecule has 5 rings (SSSR count). The van der Waals surface area contributed by atoms with Gasteiger partial charge in [-0.25, -0.2) is 19.5 Å². The Morgan fingerprint density at radius 3 is 2.82 bits per heavy atom. The Balaban J connectivity index is 1.41. The third-order valence-corrected chi connectivity index (χ3v) is 5.69. The zero-order valence-electron chi connectivity index (χ0n) is 17.9. The first kappa shape index (κ1) is 20.7. The van der Waals surface area contributed by atoms with E-state index < -0.39 is 11.7 Å². The number of aromatic nitrogens is 4. The first-order valence-corrected chi connectivity index (χ1v) is 10.7. The lowest BCUT2D eigenvalue weighted by Gasteiger charge is -2.16. The van der Waals surface area contributed by atoms with E-state index in [9.17, 15) is 14.0 Å². The number of nitrogens with zero attached hydrogens (tertiary/aromatic N) is 4. The number of amides is 1. The molecule has 0 fully saturated rings. The van der Waals surface area contributed by atoms with Crippen LogP contribution in [0.4, 0.5) is 10.3 Å². The van der Waals surface area contributed by atoms with E-state index in [-0.39, 0.29) is 11.1 Å². The maximum atomic E-state index is 14.7. The highest BCUT2D eigenvalue weighted by Gasteiger charge is 2.28. The highest BCUT2D eigenvalue weighted by molar-refractivity contribution is 5.95. The fourth-order valence-corrected chi connectivity index (χ4v) is 4.06. The van der Waals surface area contributed by atoms with Crippen LogP contribution in [0, 0.1) is 5.82 Å². The number of fused-ring (bicyclic) bond motifs is 2. The molecule has 1 aliphatic heterocycles. The fourth-order valence-electron chi connectivity index (χ4n) is 4.06. The van der Waals surface area contributed by atoms with Crippen molar-refractivity contribution < 1.29 is 9.18 Å². The molecule has 2 N–H and O–H groups in total. The molecule has 2 aromatic heterocycles. The van der Waals surface area contributed by atoms with Crippen LogP contribution in [0.5, 0.6) is 0 Å². The van der Waals surface area contributed by atoms with E-state index in [4.69, 9.17) is 0 Å². The second-order valence-corrected chi connectivity index (χ2v) is 7.89.